The van der Waals surface area contributed by atoms with E-state index in [1.54, 1.807) is 24.3 Å². The molecule has 1 fully saturated rings. The summed E-state index contributed by atoms with van der Waals surface area (Å²) in [6.45, 7) is 2.00. The maximum Gasteiger partial charge on any atom is 0.238 e. The molecule has 4 nitrogen and oxygen atoms in total. The van der Waals surface area contributed by atoms with Gasteiger partial charge in [0.15, 0.2) is 0 Å². The van der Waals surface area contributed by atoms with Crippen LogP contribution in [0.15, 0.2) is 78.9 Å². The Morgan fingerprint density at radius 1 is 0.862 bits per heavy atom. The third-order valence-corrected chi connectivity index (χ3v) is 5.92. The summed E-state index contributed by atoms with van der Waals surface area (Å²) < 4.78 is 5.97. The molecule has 2 amide bonds. The molecule has 5 rings (SSSR count). The molecule has 3 atom stereocenters. The Kier molecular flexibility index (Phi) is 4.20. The molecule has 1 aliphatic carbocycles. The Labute approximate surface area is 169 Å². The number of allylic oxidation sites excluding steroid dienone is 2. The van der Waals surface area contributed by atoms with Gasteiger partial charge < -0.3 is 4.74 Å². The van der Waals surface area contributed by atoms with Crippen LogP contribution in [0.4, 0.5) is 5.69 Å². The molecule has 0 saturated carbocycles. The first-order chi connectivity index (χ1) is 14.1. The van der Waals surface area contributed by atoms with E-state index < -0.39 is 0 Å². The number of nitrogens with zero attached hydrogens (tertiary/aromatic N) is 1. The van der Waals surface area contributed by atoms with Gasteiger partial charge in [-0.05, 0) is 59.5 Å². The van der Waals surface area contributed by atoms with Crippen LogP contribution in [0.2, 0.25) is 0 Å². The van der Waals surface area contributed by atoms with E-state index in [1.165, 1.54) is 4.90 Å². The van der Waals surface area contributed by atoms with E-state index >= 15 is 0 Å². The van der Waals surface area contributed by atoms with E-state index in [1.807, 2.05) is 55.5 Å². The minimum atomic E-state index is -0.249. The maximum absolute atomic E-state index is 12.9. The Morgan fingerprint density at radius 3 is 2.34 bits per heavy atom. The van der Waals surface area contributed by atoms with Crippen LogP contribution in [0, 0.1) is 17.8 Å². The largest absolute Gasteiger partial charge is 0.457 e. The van der Waals surface area contributed by atoms with Crippen molar-refractivity contribution in [3.63, 3.8) is 0 Å². The summed E-state index contributed by atoms with van der Waals surface area (Å²) in [5.74, 6) is 0.813. The second-order valence-electron chi connectivity index (χ2n) is 7.77. The summed E-state index contributed by atoms with van der Waals surface area (Å²) in [5, 5.41) is 2.27. The van der Waals surface area contributed by atoms with Crippen molar-refractivity contribution >= 4 is 28.3 Å². The van der Waals surface area contributed by atoms with Gasteiger partial charge >= 0.3 is 0 Å². The summed E-state index contributed by atoms with van der Waals surface area (Å²) in [5.41, 5.74) is 0.604. The Morgan fingerprint density at radius 2 is 1.59 bits per heavy atom. The lowest BCUT2D eigenvalue weighted by molar-refractivity contribution is -0.122. The zero-order valence-electron chi connectivity index (χ0n) is 16.1. The van der Waals surface area contributed by atoms with Crippen LogP contribution in [0.1, 0.15) is 13.3 Å². The average Bonchev–Trinajstić information content (AvgIpc) is 3.00. The molecular weight excluding hydrogens is 362 g/mol. The molecule has 144 valence electrons. The monoisotopic (exact) mass is 383 g/mol. The molecule has 3 aromatic rings. The second kappa shape index (κ2) is 6.89. The summed E-state index contributed by atoms with van der Waals surface area (Å²) in [6, 6.07) is 21.2. The van der Waals surface area contributed by atoms with Crippen LogP contribution in [-0.2, 0) is 9.59 Å². The summed E-state index contributed by atoms with van der Waals surface area (Å²) in [4.78, 5) is 27.1. The lowest BCUT2D eigenvalue weighted by Gasteiger charge is -2.22. The third kappa shape index (κ3) is 3.01. The molecular formula is C25H21NO3. The van der Waals surface area contributed by atoms with Crippen LogP contribution in [0.25, 0.3) is 10.8 Å². The van der Waals surface area contributed by atoms with Crippen molar-refractivity contribution in [2.45, 2.75) is 13.3 Å². The van der Waals surface area contributed by atoms with Crippen molar-refractivity contribution in [3.8, 4) is 11.5 Å². The predicted molar refractivity (Wildman–Crippen MR) is 113 cm³/mol. The summed E-state index contributed by atoms with van der Waals surface area (Å²) >= 11 is 0. The number of carbonyl (C=O) groups is 2. The third-order valence-electron chi connectivity index (χ3n) is 5.92. The molecule has 0 N–H and O–H groups in total. The van der Waals surface area contributed by atoms with Gasteiger partial charge in [0.25, 0.3) is 0 Å². The van der Waals surface area contributed by atoms with Crippen molar-refractivity contribution in [2.75, 3.05) is 4.90 Å². The highest BCUT2D eigenvalue weighted by atomic mass is 16.5. The number of anilines is 1. The smallest absolute Gasteiger partial charge is 0.238 e. The highest BCUT2D eigenvalue weighted by molar-refractivity contribution is 6.22. The number of fused-ring (bicyclic) bond motifs is 2. The summed E-state index contributed by atoms with van der Waals surface area (Å²) in [6.07, 6.45) is 4.69. The average molecular weight is 383 g/mol. The van der Waals surface area contributed by atoms with Gasteiger partial charge in [-0.1, -0.05) is 49.4 Å². The number of benzene rings is 3. The molecule has 0 spiro atoms. The van der Waals surface area contributed by atoms with Crippen LogP contribution < -0.4 is 9.64 Å². The van der Waals surface area contributed by atoms with Gasteiger partial charge in [0.1, 0.15) is 11.5 Å². The SMILES string of the molecule is C[C@@H]1C=CC[C@H]2C(=O)N(c3ccc(Oc4ccc5ccccc5c4)cc3)C(=O)[C@@H]12. The Balaban J connectivity index is 1.37. The van der Waals surface area contributed by atoms with Crippen molar-refractivity contribution in [2.24, 2.45) is 17.8 Å². The molecule has 2 aliphatic rings. The highest BCUT2D eigenvalue weighted by Crippen LogP contribution is 2.40. The number of amides is 2. The molecule has 4 heteroatoms. The zero-order valence-corrected chi connectivity index (χ0v) is 16.1. The van der Waals surface area contributed by atoms with Gasteiger partial charge in [0, 0.05) is 0 Å². The number of hydrogen-bond acceptors (Lipinski definition) is 3. The van der Waals surface area contributed by atoms with Crippen LogP contribution in [0.3, 0.4) is 0 Å². The Bertz CT molecular complexity index is 1130. The molecule has 0 radical (unpaired) electrons. The summed E-state index contributed by atoms with van der Waals surface area (Å²) in [7, 11) is 0. The fourth-order valence-corrected chi connectivity index (χ4v) is 4.43. The van der Waals surface area contributed by atoms with E-state index in [4.69, 9.17) is 4.74 Å². The second-order valence-corrected chi connectivity index (χ2v) is 7.77. The standard InChI is InChI=1S/C25H21NO3/c1-16-5-4-8-22-23(16)25(28)26(24(22)27)19-10-13-20(14-11-19)29-21-12-9-17-6-2-3-7-18(17)15-21/h2-7,9-16,22-23H,8H2,1H3/t16-,22-,23+/m1/s1. The van der Waals surface area contributed by atoms with Crippen molar-refractivity contribution in [1.29, 1.82) is 0 Å². The van der Waals surface area contributed by atoms with Gasteiger partial charge in [-0.25, -0.2) is 0 Å². The number of imide groups is 1. The van der Waals surface area contributed by atoms with Crippen LogP contribution in [0.5, 0.6) is 11.5 Å². The predicted octanol–water partition coefficient (Wildman–Crippen LogP) is 5.33. The van der Waals surface area contributed by atoms with E-state index in [0.717, 1.165) is 16.5 Å². The van der Waals surface area contributed by atoms with E-state index in [9.17, 15) is 9.59 Å². The van der Waals surface area contributed by atoms with Gasteiger partial charge in [-0.15, -0.1) is 0 Å². The first-order valence-corrected chi connectivity index (χ1v) is 9.93. The van der Waals surface area contributed by atoms with Gasteiger partial charge in [-0.2, -0.15) is 0 Å². The topological polar surface area (TPSA) is 46.6 Å². The molecule has 1 heterocycles. The lowest BCUT2D eigenvalue weighted by atomic mass is 9.78. The highest BCUT2D eigenvalue weighted by Gasteiger charge is 2.50. The van der Waals surface area contributed by atoms with Crippen LogP contribution >= 0.6 is 0 Å². The molecule has 1 saturated heterocycles. The van der Waals surface area contributed by atoms with Gasteiger partial charge in [0.05, 0.1) is 17.5 Å². The number of hydrogen-bond donors (Lipinski definition) is 0. The van der Waals surface area contributed by atoms with Crippen molar-refractivity contribution in [3.05, 3.63) is 78.9 Å². The van der Waals surface area contributed by atoms with E-state index in [-0.39, 0.29) is 29.6 Å². The van der Waals surface area contributed by atoms with E-state index in [0.29, 0.717) is 17.9 Å². The number of ether oxygens (including phenoxy) is 1. The minimum Gasteiger partial charge on any atom is -0.457 e. The first-order valence-electron chi connectivity index (χ1n) is 9.93. The fraction of sp³-hybridized carbons (Fsp3) is 0.200. The van der Waals surface area contributed by atoms with E-state index in [2.05, 4.69) is 6.07 Å². The van der Waals surface area contributed by atoms with Gasteiger partial charge in [0.2, 0.25) is 11.8 Å². The number of carbonyl (C=O) groups excluding carboxylic acids is 2. The molecule has 0 bridgehead atoms. The lowest BCUT2D eigenvalue weighted by Crippen LogP contribution is -2.31. The molecule has 3 aromatic carbocycles. The molecule has 1 aliphatic heterocycles. The van der Waals surface area contributed by atoms with Gasteiger partial charge in [-0.3, -0.25) is 14.5 Å². The normalized spacial score (nSPS) is 23.5. The van der Waals surface area contributed by atoms with Crippen LogP contribution in [-0.4, -0.2) is 11.8 Å². The molecule has 0 unspecified atom stereocenters. The first kappa shape index (κ1) is 17.7. The zero-order chi connectivity index (χ0) is 20.0. The molecule has 29 heavy (non-hydrogen) atoms. The Hall–Kier alpha value is -3.40. The minimum absolute atomic E-state index is 0.0886. The molecule has 0 aromatic heterocycles. The quantitative estimate of drug-likeness (QED) is 0.453. The van der Waals surface area contributed by atoms with Crippen molar-refractivity contribution < 1.29 is 14.3 Å². The maximum atomic E-state index is 12.9. The number of rotatable bonds is 3. The van der Waals surface area contributed by atoms with Crippen molar-refractivity contribution in [1.82, 2.24) is 0 Å². The fourth-order valence-electron chi connectivity index (χ4n) is 4.43.